The molecule has 0 aliphatic carbocycles. The van der Waals surface area contributed by atoms with Gasteiger partial charge in [0.1, 0.15) is 11.5 Å². The Morgan fingerprint density at radius 2 is 1.21 bits per heavy atom. The van der Waals surface area contributed by atoms with Crippen molar-refractivity contribution in [2.24, 2.45) is 0 Å². The molecule has 3 aromatic carbocycles. The predicted octanol–water partition coefficient (Wildman–Crippen LogP) is 4.50. The van der Waals surface area contributed by atoms with Crippen molar-refractivity contribution in [3.05, 3.63) is 96.1 Å². The summed E-state index contributed by atoms with van der Waals surface area (Å²) in [5, 5.41) is 0. The Labute approximate surface area is 139 Å². The molecule has 0 N–H and O–H groups in total. The highest BCUT2D eigenvalue weighted by molar-refractivity contribution is 6.10. The van der Waals surface area contributed by atoms with Crippen molar-refractivity contribution in [3.63, 3.8) is 0 Å². The van der Waals surface area contributed by atoms with Crippen molar-refractivity contribution in [2.45, 2.75) is 0 Å². The first-order valence-electron chi connectivity index (χ1n) is 7.37. The van der Waals surface area contributed by atoms with Crippen LogP contribution in [0.2, 0.25) is 0 Å². The highest BCUT2D eigenvalue weighted by Gasteiger charge is 2.17. The minimum absolute atomic E-state index is 0.160. The van der Waals surface area contributed by atoms with E-state index < -0.39 is 6.16 Å². The van der Waals surface area contributed by atoms with E-state index >= 15 is 0 Å². The molecule has 0 aliphatic rings. The van der Waals surface area contributed by atoms with E-state index in [0.29, 0.717) is 16.9 Å². The summed E-state index contributed by atoms with van der Waals surface area (Å²) in [4.78, 5) is 24.5. The van der Waals surface area contributed by atoms with E-state index in [9.17, 15) is 9.59 Å². The van der Waals surface area contributed by atoms with Crippen LogP contribution in [0, 0.1) is 0 Å². The molecule has 4 nitrogen and oxygen atoms in total. The second-order valence-electron chi connectivity index (χ2n) is 4.96. The summed E-state index contributed by atoms with van der Waals surface area (Å²) in [6, 6.07) is 24.0. The van der Waals surface area contributed by atoms with Gasteiger partial charge in [0.2, 0.25) is 0 Å². The molecule has 0 aliphatic heterocycles. The second kappa shape index (κ2) is 7.24. The summed E-state index contributed by atoms with van der Waals surface area (Å²) in [6.07, 6.45) is -0.894. The maximum Gasteiger partial charge on any atom is 0.519 e. The fourth-order valence-electron chi connectivity index (χ4n) is 2.18. The zero-order valence-corrected chi connectivity index (χ0v) is 12.7. The van der Waals surface area contributed by atoms with E-state index in [2.05, 4.69) is 0 Å². The van der Waals surface area contributed by atoms with Crippen LogP contribution in [0.15, 0.2) is 84.9 Å². The largest absolute Gasteiger partial charge is 0.519 e. The summed E-state index contributed by atoms with van der Waals surface area (Å²) in [7, 11) is 0. The van der Waals surface area contributed by atoms with Crippen LogP contribution in [-0.2, 0) is 0 Å². The summed E-state index contributed by atoms with van der Waals surface area (Å²) < 4.78 is 10.3. The van der Waals surface area contributed by atoms with E-state index in [4.69, 9.17) is 9.47 Å². The molecule has 0 atom stereocenters. The Bertz CT molecular complexity index is 842. The van der Waals surface area contributed by atoms with Crippen molar-refractivity contribution in [1.29, 1.82) is 0 Å². The Balaban J connectivity index is 1.79. The van der Waals surface area contributed by atoms with Gasteiger partial charge in [0.05, 0.1) is 5.56 Å². The minimum atomic E-state index is -0.894. The van der Waals surface area contributed by atoms with Crippen LogP contribution in [0.1, 0.15) is 15.9 Å². The van der Waals surface area contributed by atoms with Gasteiger partial charge in [-0.05, 0) is 24.3 Å². The molecule has 0 heterocycles. The number of ketones is 1. The smallest absolute Gasteiger partial charge is 0.395 e. The molecular weight excluding hydrogens is 304 g/mol. The average Bonchev–Trinajstić information content (AvgIpc) is 2.63. The monoisotopic (exact) mass is 318 g/mol. The molecule has 0 saturated carbocycles. The summed E-state index contributed by atoms with van der Waals surface area (Å²) >= 11 is 0. The lowest BCUT2D eigenvalue weighted by molar-refractivity contribution is 0.103. The van der Waals surface area contributed by atoms with E-state index in [1.165, 1.54) is 0 Å². The summed E-state index contributed by atoms with van der Waals surface area (Å²) in [5.41, 5.74) is 0.818. The number of para-hydroxylation sites is 2. The zero-order chi connectivity index (χ0) is 16.8. The lowest BCUT2D eigenvalue weighted by Crippen LogP contribution is -2.16. The molecule has 0 aromatic heterocycles. The van der Waals surface area contributed by atoms with Gasteiger partial charge in [0, 0.05) is 5.56 Å². The zero-order valence-electron chi connectivity index (χ0n) is 12.7. The topological polar surface area (TPSA) is 52.6 Å². The Kier molecular flexibility index (Phi) is 4.68. The lowest BCUT2D eigenvalue weighted by Gasteiger charge is -2.09. The van der Waals surface area contributed by atoms with Gasteiger partial charge in [-0.1, -0.05) is 60.7 Å². The molecule has 4 heteroatoms. The highest BCUT2D eigenvalue weighted by Crippen LogP contribution is 2.22. The van der Waals surface area contributed by atoms with Gasteiger partial charge in [-0.3, -0.25) is 4.79 Å². The molecule has 0 bridgehead atoms. The van der Waals surface area contributed by atoms with E-state index in [1.807, 2.05) is 12.1 Å². The maximum absolute atomic E-state index is 12.6. The van der Waals surface area contributed by atoms with Crippen molar-refractivity contribution in [2.75, 3.05) is 0 Å². The van der Waals surface area contributed by atoms with Crippen LogP contribution < -0.4 is 9.47 Å². The summed E-state index contributed by atoms with van der Waals surface area (Å²) in [6.45, 7) is 0. The van der Waals surface area contributed by atoms with Gasteiger partial charge in [0.25, 0.3) is 0 Å². The van der Waals surface area contributed by atoms with E-state index in [1.54, 1.807) is 72.8 Å². The normalized spacial score (nSPS) is 10.0. The van der Waals surface area contributed by atoms with Crippen molar-refractivity contribution in [1.82, 2.24) is 0 Å². The average molecular weight is 318 g/mol. The third-order valence-corrected chi connectivity index (χ3v) is 3.31. The Hall–Kier alpha value is -3.40. The van der Waals surface area contributed by atoms with Crippen LogP contribution in [0.5, 0.6) is 11.5 Å². The minimum Gasteiger partial charge on any atom is -0.395 e. The van der Waals surface area contributed by atoms with Crippen LogP contribution in [-0.4, -0.2) is 11.9 Å². The van der Waals surface area contributed by atoms with Crippen molar-refractivity contribution in [3.8, 4) is 11.5 Å². The Morgan fingerprint density at radius 3 is 1.92 bits per heavy atom. The molecule has 3 aromatic rings. The molecule has 3 rings (SSSR count). The number of hydrogen-bond acceptors (Lipinski definition) is 4. The van der Waals surface area contributed by atoms with E-state index in [-0.39, 0.29) is 11.5 Å². The molecule has 24 heavy (non-hydrogen) atoms. The van der Waals surface area contributed by atoms with Gasteiger partial charge >= 0.3 is 6.16 Å². The molecule has 0 fully saturated rings. The Morgan fingerprint density at radius 1 is 0.625 bits per heavy atom. The van der Waals surface area contributed by atoms with Gasteiger partial charge in [-0.25, -0.2) is 4.79 Å². The number of carbonyl (C=O) groups excluding carboxylic acids is 2. The number of rotatable bonds is 4. The first-order valence-corrected chi connectivity index (χ1v) is 7.37. The molecule has 0 spiro atoms. The number of benzene rings is 3. The second-order valence-corrected chi connectivity index (χ2v) is 4.96. The van der Waals surface area contributed by atoms with Gasteiger partial charge in [-0.2, -0.15) is 0 Å². The van der Waals surface area contributed by atoms with Crippen molar-refractivity contribution >= 4 is 11.9 Å². The van der Waals surface area contributed by atoms with Gasteiger partial charge in [-0.15, -0.1) is 0 Å². The molecule has 0 amide bonds. The predicted molar refractivity (Wildman–Crippen MR) is 89.4 cm³/mol. The number of carbonyl (C=O) groups is 2. The molecule has 118 valence electrons. The first kappa shape index (κ1) is 15.5. The van der Waals surface area contributed by atoms with Crippen LogP contribution in [0.4, 0.5) is 4.79 Å². The van der Waals surface area contributed by atoms with Crippen LogP contribution >= 0.6 is 0 Å². The third-order valence-electron chi connectivity index (χ3n) is 3.31. The first-order chi connectivity index (χ1) is 11.7. The standard InChI is InChI=1S/C20H14O4/c21-19(15-9-3-1-4-10-15)17-13-7-8-14-18(17)24-20(22)23-16-11-5-2-6-12-16/h1-14H. The molecule has 0 unspecified atom stereocenters. The fraction of sp³-hybridized carbons (Fsp3) is 0. The van der Waals surface area contributed by atoms with Gasteiger partial charge in [0.15, 0.2) is 5.78 Å². The van der Waals surface area contributed by atoms with Gasteiger partial charge < -0.3 is 9.47 Å². The quantitative estimate of drug-likeness (QED) is 0.404. The lowest BCUT2D eigenvalue weighted by atomic mass is 10.0. The SMILES string of the molecule is O=C(Oc1ccccc1)Oc1ccccc1C(=O)c1ccccc1. The van der Waals surface area contributed by atoms with Crippen LogP contribution in [0.3, 0.4) is 0 Å². The fourth-order valence-corrected chi connectivity index (χ4v) is 2.18. The van der Waals surface area contributed by atoms with Crippen LogP contribution in [0.25, 0.3) is 0 Å². The summed E-state index contributed by atoms with van der Waals surface area (Å²) in [5.74, 6) is 0.306. The number of ether oxygens (including phenoxy) is 2. The molecular formula is C20H14O4. The third kappa shape index (κ3) is 3.67. The molecule has 0 saturated heterocycles. The molecule has 0 radical (unpaired) electrons. The van der Waals surface area contributed by atoms with Crippen molar-refractivity contribution < 1.29 is 19.1 Å². The number of hydrogen-bond donors (Lipinski definition) is 0. The maximum atomic E-state index is 12.6. The van der Waals surface area contributed by atoms with E-state index in [0.717, 1.165) is 0 Å². The highest BCUT2D eigenvalue weighted by atomic mass is 16.7.